The van der Waals surface area contributed by atoms with E-state index < -0.39 is 5.54 Å². The SMILES string of the molecule is CNC(C)(CN(C)C(C)C1CC1)C(=O)OC. The monoisotopic (exact) mass is 228 g/mol. The van der Waals surface area contributed by atoms with Crippen LogP contribution in [0, 0.1) is 5.92 Å². The maximum absolute atomic E-state index is 11.7. The predicted molar refractivity (Wildman–Crippen MR) is 64.3 cm³/mol. The highest BCUT2D eigenvalue weighted by molar-refractivity contribution is 5.80. The van der Waals surface area contributed by atoms with Crippen LogP contribution in [0.4, 0.5) is 0 Å². The molecule has 2 unspecified atom stereocenters. The van der Waals surface area contributed by atoms with E-state index in [2.05, 4.69) is 24.2 Å². The van der Waals surface area contributed by atoms with Gasteiger partial charge in [0.15, 0.2) is 0 Å². The molecule has 1 fully saturated rings. The van der Waals surface area contributed by atoms with Gasteiger partial charge in [-0.15, -0.1) is 0 Å². The number of nitrogens with one attached hydrogen (secondary N) is 1. The largest absolute Gasteiger partial charge is 0.468 e. The van der Waals surface area contributed by atoms with E-state index in [0.29, 0.717) is 12.6 Å². The molecule has 0 heterocycles. The van der Waals surface area contributed by atoms with Gasteiger partial charge in [0.2, 0.25) is 0 Å². The second kappa shape index (κ2) is 5.15. The minimum atomic E-state index is -0.618. The number of esters is 1. The topological polar surface area (TPSA) is 41.6 Å². The zero-order valence-corrected chi connectivity index (χ0v) is 11.0. The van der Waals surface area contributed by atoms with Crippen molar-refractivity contribution >= 4 is 5.97 Å². The molecule has 1 rings (SSSR count). The summed E-state index contributed by atoms with van der Waals surface area (Å²) >= 11 is 0. The maximum Gasteiger partial charge on any atom is 0.327 e. The van der Waals surface area contributed by atoms with Crippen LogP contribution >= 0.6 is 0 Å². The fraction of sp³-hybridized carbons (Fsp3) is 0.917. The fourth-order valence-corrected chi connectivity index (χ4v) is 2.05. The Morgan fingerprint density at radius 2 is 2.19 bits per heavy atom. The second-order valence-electron chi connectivity index (χ2n) is 5.07. The van der Waals surface area contributed by atoms with Gasteiger partial charge in [0.05, 0.1) is 7.11 Å². The number of hydrogen-bond acceptors (Lipinski definition) is 4. The molecule has 0 aromatic rings. The number of hydrogen-bond donors (Lipinski definition) is 1. The van der Waals surface area contributed by atoms with E-state index in [9.17, 15) is 4.79 Å². The van der Waals surface area contributed by atoms with Crippen LogP contribution in [0.2, 0.25) is 0 Å². The summed E-state index contributed by atoms with van der Waals surface area (Å²) < 4.78 is 4.83. The number of rotatable bonds is 6. The van der Waals surface area contributed by atoms with Crippen molar-refractivity contribution in [3.8, 4) is 0 Å². The average molecular weight is 228 g/mol. The van der Waals surface area contributed by atoms with E-state index in [1.165, 1.54) is 20.0 Å². The first-order valence-corrected chi connectivity index (χ1v) is 5.92. The molecule has 0 radical (unpaired) electrons. The smallest absolute Gasteiger partial charge is 0.327 e. The Balaban J connectivity index is 2.57. The van der Waals surface area contributed by atoms with Crippen molar-refractivity contribution in [2.75, 3.05) is 27.7 Å². The van der Waals surface area contributed by atoms with Crippen molar-refractivity contribution in [3.05, 3.63) is 0 Å². The lowest BCUT2D eigenvalue weighted by Gasteiger charge is -2.34. The molecule has 2 atom stereocenters. The third kappa shape index (κ3) is 2.95. The van der Waals surface area contributed by atoms with Gasteiger partial charge >= 0.3 is 5.97 Å². The van der Waals surface area contributed by atoms with E-state index >= 15 is 0 Å². The molecule has 1 aliphatic carbocycles. The number of likely N-dealkylation sites (N-methyl/N-ethyl adjacent to an activating group) is 2. The van der Waals surface area contributed by atoms with Gasteiger partial charge in [0, 0.05) is 12.6 Å². The van der Waals surface area contributed by atoms with Crippen LogP contribution in [0.1, 0.15) is 26.7 Å². The molecule has 0 bridgehead atoms. The van der Waals surface area contributed by atoms with Crippen molar-refractivity contribution in [2.45, 2.75) is 38.3 Å². The molecule has 1 aliphatic rings. The molecule has 0 spiro atoms. The highest BCUT2D eigenvalue weighted by Gasteiger charge is 2.37. The molecule has 0 aromatic heterocycles. The van der Waals surface area contributed by atoms with Crippen molar-refractivity contribution in [2.24, 2.45) is 5.92 Å². The zero-order valence-electron chi connectivity index (χ0n) is 11.0. The lowest BCUT2D eigenvalue weighted by atomic mass is 10.0. The molecule has 0 aromatic carbocycles. The fourth-order valence-electron chi connectivity index (χ4n) is 2.05. The number of methoxy groups -OCH3 is 1. The van der Waals surface area contributed by atoms with E-state index in [1.54, 1.807) is 7.05 Å². The average Bonchev–Trinajstić information content (AvgIpc) is 3.10. The Bertz CT molecular complexity index is 253. The van der Waals surface area contributed by atoms with Crippen LogP contribution in [0.5, 0.6) is 0 Å². The van der Waals surface area contributed by atoms with Crippen molar-refractivity contribution in [3.63, 3.8) is 0 Å². The van der Waals surface area contributed by atoms with Gasteiger partial charge in [-0.1, -0.05) is 0 Å². The van der Waals surface area contributed by atoms with Gasteiger partial charge in [0.25, 0.3) is 0 Å². The Labute approximate surface area is 98.3 Å². The standard InChI is InChI=1S/C12H24N2O2/c1-9(10-6-7-10)14(4)8-12(2,13-3)11(15)16-5/h9-10,13H,6-8H2,1-5H3. The lowest BCUT2D eigenvalue weighted by Crippen LogP contribution is -2.56. The minimum Gasteiger partial charge on any atom is -0.468 e. The first-order valence-electron chi connectivity index (χ1n) is 5.92. The quantitative estimate of drug-likeness (QED) is 0.685. The Kier molecular flexibility index (Phi) is 4.33. The molecule has 94 valence electrons. The highest BCUT2D eigenvalue weighted by atomic mass is 16.5. The number of ether oxygens (including phenoxy) is 1. The molecule has 0 aliphatic heterocycles. The third-order valence-electron chi connectivity index (χ3n) is 3.75. The number of nitrogens with zero attached hydrogens (tertiary/aromatic N) is 1. The first kappa shape index (κ1) is 13.5. The van der Waals surface area contributed by atoms with E-state index in [1.807, 2.05) is 6.92 Å². The number of carbonyl (C=O) groups is 1. The Morgan fingerprint density at radius 3 is 2.56 bits per heavy atom. The van der Waals surface area contributed by atoms with Gasteiger partial charge in [-0.25, -0.2) is 0 Å². The summed E-state index contributed by atoms with van der Waals surface area (Å²) in [6.45, 7) is 4.79. The Morgan fingerprint density at radius 1 is 1.62 bits per heavy atom. The first-order chi connectivity index (χ1) is 7.44. The van der Waals surface area contributed by atoms with Crippen LogP contribution in [0.15, 0.2) is 0 Å². The van der Waals surface area contributed by atoms with E-state index in [4.69, 9.17) is 4.74 Å². The van der Waals surface area contributed by atoms with Crippen LogP contribution in [0.3, 0.4) is 0 Å². The summed E-state index contributed by atoms with van der Waals surface area (Å²) in [7, 11) is 5.30. The summed E-state index contributed by atoms with van der Waals surface area (Å²) in [6, 6.07) is 0.539. The van der Waals surface area contributed by atoms with Crippen LogP contribution in [0.25, 0.3) is 0 Å². The molecule has 0 amide bonds. The molecule has 4 heteroatoms. The molecule has 4 nitrogen and oxygen atoms in total. The Hall–Kier alpha value is -0.610. The van der Waals surface area contributed by atoms with Crippen LogP contribution in [-0.4, -0.2) is 50.2 Å². The number of carbonyl (C=O) groups excluding carboxylic acids is 1. The predicted octanol–water partition coefficient (Wildman–Crippen LogP) is 0.868. The highest BCUT2D eigenvalue weighted by Crippen LogP contribution is 2.35. The summed E-state index contributed by atoms with van der Waals surface area (Å²) in [5, 5.41) is 3.06. The van der Waals surface area contributed by atoms with Crippen LogP contribution < -0.4 is 5.32 Å². The molecule has 16 heavy (non-hydrogen) atoms. The van der Waals surface area contributed by atoms with E-state index in [-0.39, 0.29) is 5.97 Å². The minimum absolute atomic E-state index is 0.204. The molecule has 1 N–H and O–H groups in total. The van der Waals surface area contributed by atoms with Gasteiger partial charge in [-0.3, -0.25) is 4.79 Å². The third-order valence-corrected chi connectivity index (χ3v) is 3.75. The summed E-state index contributed by atoms with van der Waals surface area (Å²) in [5.74, 6) is 0.605. The van der Waals surface area contributed by atoms with Crippen LogP contribution in [-0.2, 0) is 9.53 Å². The van der Waals surface area contributed by atoms with Crippen molar-refractivity contribution in [1.82, 2.24) is 10.2 Å². The summed E-state index contributed by atoms with van der Waals surface area (Å²) in [6.07, 6.45) is 2.64. The lowest BCUT2D eigenvalue weighted by molar-refractivity contribution is -0.148. The second-order valence-corrected chi connectivity index (χ2v) is 5.07. The van der Waals surface area contributed by atoms with Crippen molar-refractivity contribution in [1.29, 1.82) is 0 Å². The normalized spacial score (nSPS) is 21.6. The summed E-state index contributed by atoms with van der Waals surface area (Å²) in [4.78, 5) is 13.9. The molecular weight excluding hydrogens is 204 g/mol. The maximum atomic E-state index is 11.7. The molecule has 0 saturated heterocycles. The summed E-state index contributed by atoms with van der Waals surface area (Å²) in [5.41, 5.74) is -0.618. The van der Waals surface area contributed by atoms with Crippen molar-refractivity contribution < 1.29 is 9.53 Å². The van der Waals surface area contributed by atoms with Gasteiger partial charge in [-0.05, 0) is 46.7 Å². The van der Waals surface area contributed by atoms with Gasteiger partial charge in [0.1, 0.15) is 5.54 Å². The molecule has 1 saturated carbocycles. The van der Waals surface area contributed by atoms with E-state index in [0.717, 1.165) is 5.92 Å². The van der Waals surface area contributed by atoms with Gasteiger partial charge < -0.3 is 15.0 Å². The zero-order chi connectivity index (χ0) is 12.3. The molecular formula is C12H24N2O2. The van der Waals surface area contributed by atoms with Gasteiger partial charge in [-0.2, -0.15) is 0 Å².